The summed E-state index contributed by atoms with van der Waals surface area (Å²) in [5, 5.41) is 0. The fourth-order valence-corrected chi connectivity index (χ4v) is 2.11. The van der Waals surface area contributed by atoms with Crippen LogP contribution in [0.3, 0.4) is 0 Å². The highest BCUT2D eigenvalue weighted by Crippen LogP contribution is 2.34. The molecule has 0 N–H and O–H groups in total. The van der Waals surface area contributed by atoms with Crippen molar-refractivity contribution in [3.05, 3.63) is 12.7 Å². The second-order valence-electron chi connectivity index (χ2n) is 4.16. The van der Waals surface area contributed by atoms with Crippen LogP contribution >= 0.6 is 0 Å². The quantitative estimate of drug-likeness (QED) is 0.530. The molecule has 1 aliphatic carbocycles. The minimum Gasteiger partial charge on any atom is -0.103 e. The van der Waals surface area contributed by atoms with Gasteiger partial charge >= 0.3 is 0 Å². The van der Waals surface area contributed by atoms with Crippen molar-refractivity contribution in [1.29, 1.82) is 0 Å². The zero-order valence-corrected chi connectivity index (χ0v) is 7.84. The number of hydrogen-bond acceptors (Lipinski definition) is 0. The van der Waals surface area contributed by atoms with Gasteiger partial charge in [-0.2, -0.15) is 0 Å². The highest BCUT2D eigenvalue weighted by atomic mass is 14.3. The molecule has 64 valence electrons. The van der Waals surface area contributed by atoms with Crippen LogP contribution in [-0.2, 0) is 0 Å². The predicted molar refractivity (Wildman–Crippen MR) is 50.5 cm³/mol. The van der Waals surface area contributed by atoms with Gasteiger partial charge in [-0.25, -0.2) is 0 Å². The van der Waals surface area contributed by atoms with Crippen LogP contribution in [0.1, 0.15) is 39.5 Å². The van der Waals surface area contributed by atoms with E-state index in [1.54, 1.807) is 0 Å². The van der Waals surface area contributed by atoms with E-state index in [1.807, 2.05) is 0 Å². The maximum Gasteiger partial charge on any atom is -0.0325 e. The Bertz CT molecular complexity index is 126. The Morgan fingerprint density at radius 3 is 2.55 bits per heavy atom. The largest absolute Gasteiger partial charge is 0.103 e. The monoisotopic (exact) mass is 152 g/mol. The molecule has 0 amide bonds. The highest BCUT2D eigenvalue weighted by molar-refractivity contribution is 4.80. The zero-order valence-electron chi connectivity index (χ0n) is 7.84. The molecule has 0 aromatic heterocycles. The van der Waals surface area contributed by atoms with Crippen molar-refractivity contribution >= 4 is 0 Å². The van der Waals surface area contributed by atoms with Crippen molar-refractivity contribution in [1.82, 2.24) is 0 Å². The van der Waals surface area contributed by atoms with E-state index in [0.717, 1.165) is 17.8 Å². The van der Waals surface area contributed by atoms with Crippen LogP contribution in [0.25, 0.3) is 0 Å². The molecule has 1 saturated carbocycles. The summed E-state index contributed by atoms with van der Waals surface area (Å²) in [5.74, 6) is 2.84. The van der Waals surface area contributed by atoms with E-state index in [4.69, 9.17) is 0 Å². The lowest BCUT2D eigenvalue weighted by Crippen LogP contribution is -2.20. The van der Waals surface area contributed by atoms with E-state index in [2.05, 4.69) is 26.5 Å². The third kappa shape index (κ3) is 2.36. The van der Waals surface area contributed by atoms with Gasteiger partial charge in [-0.3, -0.25) is 0 Å². The molecule has 3 atom stereocenters. The molecular weight excluding hydrogens is 132 g/mol. The lowest BCUT2D eigenvalue weighted by molar-refractivity contribution is 0.210. The number of hydrogen-bond donors (Lipinski definition) is 0. The van der Waals surface area contributed by atoms with E-state index < -0.39 is 0 Å². The van der Waals surface area contributed by atoms with Crippen LogP contribution < -0.4 is 0 Å². The van der Waals surface area contributed by atoms with Gasteiger partial charge in [-0.1, -0.05) is 26.3 Å². The van der Waals surface area contributed by atoms with Gasteiger partial charge in [0.05, 0.1) is 0 Å². The van der Waals surface area contributed by atoms with Gasteiger partial charge in [0, 0.05) is 0 Å². The Balaban J connectivity index is 2.33. The Morgan fingerprint density at radius 2 is 2.00 bits per heavy atom. The second kappa shape index (κ2) is 3.94. The van der Waals surface area contributed by atoms with Crippen LogP contribution in [0.15, 0.2) is 12.7 Å². The van der Waals surface area contributed by atoms with Gasteiger partial charge < -0.3 is 0 Å². The Labute approximate surface area is 70.7 Å². The molecule has 0 spiro atoms. The summed E-state index contributed by atoms with van der Waals surface area (Å²) in [6.07, 6.45) is 7.59. The van der Waals surface area contributed by atoms with E-state index in [1.165, 1.54) is 25.7 Å². The fourth-order valence-electron chi connectivity index (χ4n) is 2.11. The maximum absolute atomic E-state index is 3.80. The van der Waals surface area contributed by atoms with Crippen LogP contribution in [0.2, 0.25) is 0 Å². The van der Waals surface area contributed by atoms with Gasteiger partial charge in [0.25, 0.3) is 0 Å². The molecule has 0 aromatic rings. The van der Waals surface area contributed by atoms with Gasteiger partial charge in [-0.15, -0.1) is 6.58 Å². The molecule has 1 fully saturated rings. The van der Waals surface area contributed by atoms with Crippen molar-refractivity contribution < 1.29 is 0 Å². The van der Waals surface area contributed by atoms with Crippen molar-refractivity contribution in [2.75, 3.05) is 0 Å². The minimum absolute atomic E-state index is 0.939. The Hall–Kier alpha value is -0.260. The molecule has 3 unspecified atom stereocenters. The summed E-state index contributed by atoms with van der Waals surface area (Å²) >= 11 is 0. The summed E-state index contributed by atoms with van der Waals surface area (Å²) in [7, 11) is 0. The van der Waals surface area contributed by atoms with Crippen molar-refractivity contribution in [3.8, 4) is 0 Å². The summed E-state index contributed by atoms with van der Waals surface area (Å²) in [6, 6.07) is 0. The number of allylic oxidation sites excluding steroid dienone is 1. The molecule has 11 heavy (non-hydrogen) atoms. The molecule has 0 heterocycles. The molecule has 0 aliphatic heterocycles. The third-order valence-electron chi connectivity index (χ3n) is 3.21. The SMILES string of the molecule is C=CCC1CCC(C)C(C)C1. The average molecular weight is 152 g/mol. The predicted octanol–water partition coefficient (Wildman–Crippen LogP) is 3.63. The lowest BCUT2D eigenvalue weighted by atomic mass is 9.75. The maximum atomic E-state index is 3.80. The fraction of sp³-hybridized carbons (Fsp3) is 0.818. The second-order valence-corrected chi connectivity index (χ2v) is 4.16. The van der Waals surface area contributed by atoms with Gasteiger partial charge in [0.15, 0.2) is 0 Å². The van der Waals surface area contributed by atoms with E-state index in [9.17, 15) is 0 Å². The topological polar surface area (TPSA) is 0 Å². The summed E-state index contributed by atoms with van der Waals surface area (Å²) in [5.41, 5.74) is 0. The molecule has 1 aliphatic rings. The van der Waals surface area contributed by atoms with Crippen LogP contribution in [0.4, 0.5) is 0 Å². The standard InChI is InChI=1S/C11H20/c1-4-5-11-7-6-9(2)10(3)8-11/h4,9-11H,1,5-8H2,2-3H3. The summed E-state index contributed by atoms with van der Waals surface area (Å²) in [4.78, 5) is 0. The third-order valence-corrected chi connectivity index (χ3v) is 3.21. The van der Waals surface area contributed by atoms with Crippen molar-refractivity contribution in [2.45, 2.75) is 39.5 Å². The van der Waals surface area contributed by atoms with Crippen LogP contribution in [-0.4, -0.2) is 0 Å². The van der Waals surface area contributed by atoms with E-state index in [-0.39, 0.29) is 0 Å². The van der Waals surface area contributed by atoms with Gasteiger partial charge in [0.1, 0.15) is 0 Å². The molecule has 0 heteroatoms. The first kappa shape index (κ1) is 8.83. The minimum atomic E-state index is 0.939. The molecule has 0 aromatic carbocycles. The molecule has 0 radical (unpaired) electrons. The van der Waals surface area contributed by atoms with Crippen molar-refractivity contribution in [2.24, 2.45) is 17.8 Å². The first-order valence-corrected chi connectivity index (χ1v) is 4.85. The summed E-state index contributed by atoms with van der Waals surface area (Å²) < 4.78 is 0. The van der Waals surface area contributed by atoms with Gasteiger partial charge in [-0.05, 0) is 37.0 Å². The molecular formula is C11H20. The van der Waals surface area contributed by atoms with Crippen molar-refractivity contribution in [3.63, 3.8) is 0 Å². The first-order chi connectivity index (χ1) is 5.24. The van der Waals surface area contributed by atoms with Gasteiger partial charge in [0.2, 0.25) is 0 Å². The highest BCUT2D eigenvalue weighted by Gasteiger charge is 2.23. The smallest absolute Gasteiger partial charge is 0.0325 e. The summed E-state index contributed by atoms with van der Waals surface area (Å²) in [6.45, 7) is 8.57. The average Bonchev–Trinajstić information content (AvgIpc) is 1.98. The first-order valence-electron chi connectivity index (χ1n) is 4.85. The molecule has 1 rings (SSSR count). The Morgan fingerprint density at radius 1 is 1.27 bits per heavy atom. The van der Waals surface area contributed by atoms with E-state index in [0.29, 0.717) is 0 Å². The van der Waals surface area contributed by atoms with Crippen LogP contribution in [0.5, 0.6) is 0 Å². The van der Waals surface area contributed by atoms with E-state index >= 15 is 0 Å². The number of rotatable bonds is 2. The molecule has 0 bridgehead atoms. The molecule has 0 nitrogen and oxygen atoms in total. The lowest BCUT2D eigenvalue weighted by Gasteiger charge is -2.31. The van der Waals surface area contributed by atoms with Crippen LogP contribution in [0, 0.1) is 17.8 Å². The Kier molecular flexibility index (Phi) is 3.16. The normalized spacial score (nSPS) is 38.5. The zero-order chi connectivity index (χ0) is 8.27. The molecule has 0 saturated heterocycles.